The third-order valence-electron chi connectivity index (χ3n) is 5.32. The van der Waals surface area contributed by atoms with Crippen LogP contribution in [-0.2, 0) is 9.59 Å². The summed E-state index contributed by atoms with van der Waals surface area (Å²) in [6.07, 6.45) is 3.07. The van der Waals surface area contributed by atoms with E-state index in [0.717, 1.165) is 12.8 Å². The highest BCUT2D eigenvalue weighted by molar-refractivity contribution is 5.84. The van der Waals surface area contributed by atoms with Crippen LogP contribution in [0.3, 0.4) is 0 Å². The maximum absolute atomic E-state index is 12.4. The van der Waals surface area contributed by atoms with Gasteiger partial charge in [-0.1, -0.05) is 68.2 Å². The van der Waals surface area contributed by atoms with Gasteiger partial charge in [-0.05, 0) is 17.3 Å². The molecule has 0 aromatic carbocycles. The van der Waals surface area contributed by atoms with Crippen LogP contribution in [0, 0.1) is 29.1 Å². The third kappa shape index (κ3) is 6.76. The highest BCUT2D eigenvalue weighted by Crippen LogP contribution is 2.32. The van der Waals surface area contributed by atoms with Crippen LogP contribution in [0.25, 0.3) is 0 Å². The van der Waals surface area contributed by atoms with Gasteiger partial charge in [-0.2, -0.15) is 0 Å². The fourth-order valence-electron chi connectivity index (χ4n) is 2.67. The second-order valence-electron chi connectivity index (χ2n) is 7.80. The van der Waals surface area contributed by atoms with Gasteiger partial charge in [0.05, 0.1) is 0 Å². The van der Waals surface area contributed by atoms with Crippen LogP contribution >= 0.6 is 0 Å². The Labute approximate surface area is 132 Å². The number of ketones is 2. The van der Waals surface area contributed by atoms with Crippen LogP contribution in [0.15, 0.2) is 0 Å². The van der Waals surface area contributed by atoms with E-state index in [9.17, 15) is 9.59 Å². The number of rotatable bonds is 10. The molecule has 0 heterocycles. The van der Waals surface area contributed by atoms with Crippen molar-refractivity contribution < 1.29 is 9.59 Å². The van der Waals surface area contributed by atoms with Crippen LogP contribution in [0.5, 0.6) is 0 Å². The van der Waals surface area contributed by atoms with Crippen LogP contribution in [0.1, 0.15) is 81.1 Å². The van der Waals surface area contributed by atoms with E-state index in [1.54, 1.807) is 0 Å². The molecule has 0 fully saturated rings. The monoisotopic (exact) mass is 296 g/mol. The minimum Gasteiger partial charge on any atom is -0.299 e. The molecule has 0 aliphatic heterocycles. The van der Waals surface area contributed by atoms with E-state index in [0.29, 0.717) is 36.2 Å². The standard InChI is InChI=1S/C19H36O2/c1-9-13(3)15(5)17(20)11-19(7,8)12-18(21)16(6)14(4)10-2/h13-16H,9-12H2,1-8H3. The molecule has 0 N–H and O–H groups in total. The summed E-state index contributed by atoms with van der Waals surface area (Å²) in [4.78, 5) is 24.8. The molecule has 0 bridgehead atoms. The van der Waals surface area contributed by atoms with Crippen molar-refractivity contribution in [1.29, 1.82) is 0 Å². The molecule has 124 valence electrons. The molecule has 4 atom stereocenters. The first kappa shape index (κ1) is 20.3. The summed E-state index contributed by atoms with van der Waals surface area (Å²) in [5.41, 5.74) is -0.225. The van der Waals surface area contributed by atoms with E-state index in [4.69, 9.17) is 0 Å². The van der Waals surface area contributed by atoms with E-state index in [2.05, 4.69) is 41.5 Å². The molecular weight excluding hydrogens is 260 g/mol. The summed E-state index contributed by atoms with van der Waals surface area (Å²) in [5, 5.41) is 0. The normalized spacial score (nSPS) is 17.9. The van der Waals surface area contributed by atoms with Crippen molar-refractivity contribution in [3.63, 3.8) is 0 Å². The number of hydrogen-bond donors (Lipinski definition) is 0. The predicted molar refractivity (Wildman–Crippen MR) is 90.3 cm³/mol. The summed E-state index contributed by atoms with van der Waals surface area (Å²) >= 11 is 0. The molecule has 0 aliphatic carbocycles. The van der Waals surface area contributed by atoms with Crippen molar-refractivity contribution >= 4 is 11.6 Å². The van der Waals surface area contributed by atoms with E-state index >= 15 is 0 Å². The number of hydrogen-bond acceptors (Lipinski definition) is 2. The van der Waals surface area contributed by atoms with Crippen molar-refractivity contribution in [3.8, 4) is 0 Å². The molecular formula is C19H36O2. The topological polar surface area (TPSA) is 34.1 Å². The Morgan fingerprint density at radius 1 is 0.762 bits per heavy atom. The summed E-state index contributed by atoms with van der Waals surface area (Å²) in [7, 11) is 0. The molecule has 0 aromatic heterocycles. The maximum atomic E-state index is 12.4. The zero-order chi connectivity index (χ0) is 16.8. The Balaban J connectivity index is 4.62. The van der Waals surface area contributed by atoms with Crippen molar-refractivity contribution in [2.24, 2.45) is 29.1 Å². The first-order chi connectivity index (χ1) is 9.55. The van der Waals surface area contributed by atoms with E-state index in [-0.39, 0.29) is 17.3 Å². The smallest absolute Gasteiger partial charge is 0.136 e. The average Bonchev–Trinajstić information content (AvgIpc) is 2.42. The molecule has 0 radical (unpaired) electrons. The highest BCUT2D eigenvalue weighted by Gasteiger charge is 2.31. The summed E-state index contributed by atoms with van der Waals surface area (Å²) in [6, 6.07) is 0. The minimum absolute atomic E-state index is 0.0939. The molecule has 21 heavy (non-hydrogen) atoms. The summed E-state index contributed by atoms with van der Waals surface area (Å²) < 4.78 is 0. The van der Waals surface area contributed by atoms with Gasteiger partial charge in [0.25, 0.3) is 0 Å². The van der Waals surface area contributed by atoms with E-state index in [1.165, 1.54) is 0 Å². The molecule has 0 spiro atoms. The Hall–Kier alpha value is -0.660. The molecule has 0 saturated heterocycles. The Kier molecular flexibility index (Phi) is 8.43. The molecule has 0 aliphatic rings. The van der Waals surface area contributed by atoms with Gasteiger partial charge in [0.1, 0.15) is 11.6 Å². The van der Waals surface area contributed by atoms with Gasteiger partial charge in [0.15, 0.2) is 0 Å². The highest BCUT2D eigenvalue weighted by atomic mass is 16.1. The lowest BCUT2D eigenvalue weighted by Gasteiger charge is -2.28. The van der Waals surface area contributed by atoms with Gasteiger partial charge in [-0.25, -0.2) is 0 Å². The predicted octanol–water partition coefficient (Wildman–Crippen LogP) is 5.30. The lowest BCUT2D eigenvalue weighted by molar-refractivity contribution is -0.128. The Bertz CT molecular complexity index is 311. The van der Waals surface area contributed by atoms with Crippen LogP contribution < -0.4 is 0 Å². The second-order valence-corrected chi connectivity index (χ2v) is 7.80. The van der Waals surface area contributed by atoms with Crippen molar-refractivity contribution in [2.75, 3.05) is 0 Å². The minimum atomic E-state index is -0.225. The third-order valence-corrected chi connectivity index (χ3v) is 5.32. The van der Waals surface area contributed by atoms with Gasteiger partial charge in [-0.3, -0.25) is 9.59 Å². The fraction of sp³-hybridized carbons (Fsp3) is 0.895. The van der Waals surface area contributed by atoms with Crippen LogP contribution in [-0.4, -0.2) is 11.6 Å². The van der Waals surface area contributed by atoms with E-state index < -0.39 is 0 Å². The first-order valence-corrected chi connectivity index (χ1v) is 8.61. The molecule has 0 aromatic rings. The zero-order valence-corrected chi connectivity index (χ0v) is 15.5. The summed E-state index contributed by atoms with van der Waals surface area (Å²) in [5.74, 6) is 1.63. The molecule has 0 rings (SSSR count). The zero-order valence-electron chi connectivity index (χ0n) is 15.5. The molecule has 0 saturated carbocycles. The number of carbonyl (C=O) groups excluding carboxylic acids is 2. The van der Waals surface area contributed by atoms with Gasteiger partial charge in [0.2, 0.25) is 0 Å². The molecule has 4 unspecified atom stereocenters. The second kappa shape index (κ2) is 8.70. The average molecular weight is 296 g/mol. The number of carbonyl (C=O) groups is 2. The van der Waals surface area contributed by atoms with Crippen LogP contribution in [0.4, 0.5) is 0 Å². The largest absolute Gasteiger partial charge is 0.299 e. The summed E-state index contributed by atoms with van der Waals surface area (Å²) in [6.45, 7) is 16.7. The van der Waals surface area contributed by atoms with Gasteiger partial charge >= 0.3 is 0 Å². The molecule has 0 amide bonds. The van der Waals surface area contributed by atoms with Gasteiger partial charge < -0.3 is 0 Å². The maximum Gasteiger partial charge on any atom is 0.136 e. The quantitative estimate of drug-likeness (QED) is 0.548. The Morgan fingerprint density at radius 3 is 1.29 bits per heavy atom. The Morgan fingerprint density at radius 2 is 1.05 bits per heavy atom. The molecule has 2 nitrogen and oxygen atoms in total. The van der Waals surface area contributed by atoms with Crippen LogP contribution in [0.2, 0.25) is 0 Å². The van der Waals surface area contributed by atoms with Crippen molar-refractivity contribution in [3.05, 3.63) is 0 Å². The number of Topliss-reactive ketones (excluding diaryl/α,β-unsaturated/α-hetero) is 2. The van der Waals surface area contributed by atoms with Crippen molar-refractivity contribution in [2.45, 2.75) is 81.1 Å². The van der Waals surface area contributed by atoms with Crippen molar-refractivity contribution in [1.82, 2.24) is 0 Å². The SMILES string of the molecule is CCC(C)C(C)C(=O)CC(C)(C)CC(=O)C(C)C(C)CC. The van der Waals surface area contributed by atoms with E-state index in [1.807, 2.05) is 13.8 Å². The van der Waals surface area contributed by atoms with Gasteiger partial charge in [0, 0.05) is 24.7 Å². The fourth-order valence-corrected chi connectivity index (χ4v) is 2.67. The molecule has 2 heteroatoms. The lowest BCUT2D eigenvalue weighted by atomic mass is 9.75. The first-order valence-electron chi connectivity index (χ1n) is 8.61. The van der Waals surface area contributed by atoms with Gasteiger partial charge in [-0.15, -0.1) is 0 Å². The lowest BCUT2D eigenvalue weighted by Crippen LogP contribution is -2.29.